The molecule has 0 spiro atoms. The zero-order valence-electron chi connectivity index (χ0n) is 22.9. The number of anilines is 1. The number of ether oxygens (including phenoxy) is 2. The number of carbonyl (C=O) groups is 1. The maximum Gasteiger partial charge on any atom is 0.459 e. The van der Waals surface area contributed by atoms with E-state index >= 15 is 0 Å². The molecule has 0 saturated carbocycles. The molecule has 3 heterocycles. The van der Waals surface area contributed by atoms with Crippen molar-refractivity contribution in [1.29, 1.82) is 5.26 Å². The number of carbonyl (C=O) groups excluding carboxylic acids is 1. The number of rotatable bonds is 11. The Labute approximate surface area is 246 Å². The van der Waals surface area contributed by atoms with Crippen molar-refractivity contribution in [2.75, 3.05) is 12.3 Å². The van der Waals surface area contributed by atoms with E-state index in [9.17, 15) is 24.8 Å². The van der Waals surface area contributed by atoms with Crippen LogP contribution in [0.5, 0.6) is 5.75 Å². The molecule has 2 aromatic carbocycles. The van der Waals surface area contributed by atoms with Gasteiger partial charge in [-0.25, -0.2) is 14.1 Å². The number of fused-ring (bicyclic) bond motifs is 1. The molecule has 1 aliphatic rings. The van der Waals surface area contributed by atoms with Crippen LogP contribution in [0.25, 0.3) is 5.52 Å². The minimum Gasteiger partial charge on any atom is -0.460 e. The molecule has 224 valence electrons. The molecule has 0 amide bonds. The van der Waals surface area contributed by atoms with Crippen molar-refractivity contribution in [3.63, 3.8) is 0 Å². The molecule has 4 aromatic rings. The number of para-hydroxylation sites is 1. The number of aliphatic hydroxyl groups excluding tert-OH is 2. The fourth-order valence-corrected chi connectivity index (χ4v) is 6.03. The molecular weight excluding hydrogens is 579 g/mol. The summed E-state index contributed by atoms with van der Waals surface area (Å²) in [6.07, 6.45) is -3.44. The molecule has 14 nitrogen and oxygen atoms in total. The topological polar surface area (TPSA) is 204 Å². The molecule has 2 unspecified atom stereocenters. The second-order valence-electron chi connectivity index (χ2n) is 9.80. The summed E-state index contributed by atoms with van der Waals surface area (Å²) in [5, 5.41) is 38.6. The Kier molecular flexibility index (Phi) is 8.74. The highest BCUT2D eigenvalue weighted by atomic mass is 31.2. The van der Waals surface area contributed by atoms with Gasteiger partial charge in [-0.2, -0.15) is 15.4 Å². The van der Waals surface area contributed by atoms with E-state index in [0.717, 1.165) is 5.56 Å². The first-order chi connectivity index (χ1) is 20.6. The predicted molar refractivity (Wildman–Crippen MR) is 151 cm³/mol. The number of nitriles is 1. The zero-order valence-corrected chi connectivity index (χ0v) is 23.8. The van der Waals surface area contributed by atoms with Crippen LogP contribution < -0.4 is 15.3 Å². The lowest BCUT2D eigenvalue weighted by Crippen LogP contribution is -2.46. The van der Waals surface area contributed by atoms with Crippen molar-refractivity contribution in [2.45, 2.75) is 43.5 Å². The highest BCUT2D eigenvalue weighted by Gasteiger charge is 2.57. The van der Waals surface area contributed by atoms with Crippen molar-refractivity contribution in [1.82, 2.24) is 19.7 Å². The third kappa shape index (κ3) is 6.37. The summed E-state index contributed by atoms with van der Waals surface area (Å²) in [5.74, 6) is -0.434. The highest BCUT2D eigenvalue weighted by Crippen LogP contribution is 2.48. The van der Waals surface area contributed by atoms with E-state index < -0.39 is 50.3 Å². The molecule has 0 bridgehead atoms. The number of hydrogen-bond acceptors (Lipinski definition) is 12. The Balaban J connectivity index is 1.35. The molecule has 1 fully saturated rings. The SMILES string of the molecule is CC(NP(=O)(OC[C@@]1(C#N)O[C@@H](c2ccc3c(N)ncnn23)[C@@H](O)[C@@H]1O)Oc1ccccc1)C(=O)OCc1ccccc1. The summed E-state index contributed by atoms with van der Waals surface area (Å²) in [5.41, 5.74) is 5.16. The first kappa shape index (κ1) is 30.1. The molecule has 0 radical (unpaired) electrons. The Morgan fingerprint density at radius 2 is 1.88 bits per heavy atom. The standard InChI is InChI=1S/C28H29N6O8P/c1-18(27(37)39-14-19-8-4-2-5-9-19)33-43(38,42-20-10-6-3-7-11-20)40-16-28(15-29)25(36)23(35)24(41-28)21-12-13-22-26(30)31-17-32-34(21)22/h2-13,17-18,23-25,35-36H,14,16H2,1H3,(H,33,38)(H2,30,31,32)/t18?,23-,24+,25+,28-,43?/m1/s1. The van der Waals surface area contributed by atoms with Gasteiger partial charge >= 0.3 is 13.7 Å². The monoisotopic (exact) mass is 608 g/mol. The lowest BCUT2D eigenvalue weighted by atomic mass is 9.96. The van der Waals surface area contributed by atoms with Crippen LogP contribution in [-0.4, -0.2) is 61.2 Å². The molecule has 15 heteroatoms. The lowest BCUT2D eigenvalue weighted by Gasteiger charge is -2.28. The van der Waals surface area contributed by atoms with Crippen molar-refractivity contribution in [2.24, 2.45) is 0 Å². The number of aliphatic hydroxyl groups is 2. The van der Waals surface area contributed by atoms with Gasteiger partial charge in [0.05, 0.1) is 5.69 Å². The second-order valence-corrected chi connectivity index (χ2v) is 11.5. The number of hydrogen-bond donors (Lipinski definition) is 4. The average Bonchev–Trinajstić information content (AvgIpc) is 3.55. The van der Waals surface area contributed by atoms with Gasteiger partial charge in [-0.05, 0) is 36.8 Å². The first-order valence-electron chi connectivity index (χ1n) is 13.2. The third-order valence-corrected chi connectivity index (χ3v) is 8.41. The number of aromatic nitrogens is 3. The van der Waals surface area contributed by atoms with Crippen LogP contribution in [0.1, 0.15) is 24.3 Å². The predicted octanol–water partition coefficient (Wildman–Crippen LogP) is 2.29. The van der Waals surface area contributed by atoms with E-state index in [-0.39, 0.29) is 23.9 Å². The van der Waals surface area contributed by atoms with Crippen LogP contribution in [0.2, 0.25) is 0 Å². The Morgan fingerprint density at radius 1 is 1.19 bits per heavy atom. The zero-order chi connectivity index (χ0) is 30.6. The Morgan fingerprint density at radius 3 is 2.58 bits per heavy atom. The molecule has 0 aliphatic carbocycles. The smallest absolute Gasteiger partial charge is 0.459 e. The first-order valence-corrected chi connectivity index (χ1v) is 14.7. The van der Waals surface area contributed by atoms with E-state index in [1.165, 1.54) is 29.9 Å². The Hall–Kier alpha value is -4.35. The number of benzene rings is 2. The van der Waals surface area contributed by atoms with E-state index in [4.69, 9.17) is 24.3 Å². The molecule has 43 heavy (non-hydrogen) atoms. The maximum atomic E-state index is 14.0. The molecule has 1 saturated heterocycles. The molecule has 6 atom stereocenters. The summed E-state index contributed by atoms with van der Waals surface area (Å²) >= 11 is 0. The van der Waals surface area contributed by atoms with E-state index in [2.05, 4.69) is 15.2 Å². The van der Waals surface area contributed by atoms with Crippen molar-refractivity contribution in [3.8, 4) is 11.8 Å². The van der Waals surface area contributed by atoms with Gasteiger partial charge in [0.2, 0.25) is 5.60 Å². The minimum absolute atomic E-state index is 0.0156. The van der Waals surface area contributed by atoms with Gasteiger partial charge in [0.15, 0.2) is 5.82 Å². The van der Waals surface area contributed by atoms with Gasteiger partial charge in [0.1, 0.15) is 61.2 Å². The highest BCUT2D eigenvalue weighted by molar-refractivity contribution is 7.52. The number of nitrogens with two attached hydrogens (primary N) is 1. The molecule has 2 aromatic heterocycles. The molecule has 5 N–H and O–H groups in total. The molecule has 1 aliphatic heterocycles. The largest absolute Gasteiger partial charge is 0.460 e. The van der Waals surface area contributed by atoms with Crippen molar-refractivity contribution >= 4 is 25.1 Å². The molecule has 5 rings (SSSR count). The fourth-order valence-electron chi connectivity index (χ4n) is 4.51. The van der Waals surface area contributed by atoms with Gasteiger partial charge < -0.3 is 29.9 Å². The van der Waals surface area contributed by atoms with Gasteiger partial charge in [-0.3, -0.25) is 9.32 Å². The maximum absolute atomic E-state index is 14.0. The van der Waals surface area contributed by atoms with Crippen LogP contribution in [-0.2, 0) is 30.0 Å². The molecular formula is C28H29N6O8P. The van der Waals surface area contributed by atoms with Gasteiger partial charge in [-0.15, -0.1) is 0 Å². The van der Waals surface area contributed by atoms with E-state index in [0.29, 0.717) is 5.52 Å². The lowest BCUT2D eigenvalue weighted by molar-refractivity contribution is -0.146. The average molecular weight is 609 g/mol. The summed E-state index contributed by atoms with van der Waals surface area (Å²) in [6.45, 7) is 0.573. The van der Waals surface area contributed by atoms with Crippen LogP contribution in [0, 0.1) is 11.3 Å². The normalized spacial score (nSPS) is 23.7. The fraction of sp³-hybridized carbons (Fsp3) is 0.286. The van der Waals surface area contributed by atoms with Crippen molar-refractivity contribution < 1.29 is 38.1 Å². The number of nitrogen functional groups attached to an aromatic ring is 1. The van der Waals surface area contributed by atoms with Gasteiger partial charge in [-0.1, -0.05) is 48.5 Å². The van der Waals surface area contributed by atoms with Crippen LogP contribution in [0.4, 0.5) is 5.82 Å². The number of nitrogens with zero attached hydrogens (tertiary/aromatic N) is 4. The second kappa shape index (κ2) is 12.5. The Bertz CT molecular complexity index is 1670. The summed E-state index contributed by atoms with van der Waals surface area (Å²) in [4.78, 5) is 16.7. The van der Waals surface area contributed by atoms with E-state index in [1.54, 1.807) is 54.6 Å². The number of esters is 1. The van der Waals surface area contributed by atoms with Gasteiger partial charge in [0, 0.05) is 0 Å². The van der Waals surface area contributed by atoms with Gasteiger partial charge in [0.25, 0.3) is 0 Å². The van der Waals surface area contributed by atoms with Crippen LogP contribution in [0.3, 0.4) is 0 Å². The third-order valence-electron chi connectivity index (χ3n) is 6.79. The van der Waals surface area contributed by atoms with Crippen molar-refractivity contribution in [3.05, 3.63) is 90.4 Å². The quantitative estimate of drug-likeness (QED) is 0.143. The summed E-state index contributed by atoms with van der Waals surface area (Å²) in [6, 6.07) is 20.8. The van der Waals surface area contributed by atoms with E-state index in [1.807, 2.05) is 12.1 Å². The van der Waals surface area contributed by atoms with Crippen LogP contribution >= 0.6 is 7.75 Å². The summed E-state index contributed by atoms with van der Waals surface area (Å²) < 4.78 is 37.8. The van der Waals surface area contributed by atoms with Crippen LogP contribution in [0.15, 0.2) is 79.1 Å². The minimum atomic E-state index is -4.44. The number of nitrogens with one attached hydrogen (secondary N) is 1. The summed E-state index contributed by atoms with van der Waals surface area (Å²) in [7, 11) is -4.44.